The maximum atomic E-state index is 13.7. The molecule has 37 heavy (non-hydrogen) atoms. The number of aliphatic hydroxyl groups is 1. The van der Waals surface area contributed by atoms with Crippen LogP contribution in [0, 0.1) is 5.92 Å². The van der Waals surface area contributed by atoms with Crippen molar-refractivity contribution in [2.24, 2.45) is 5.92 Å². The molecule has 0 fully saturated rings. The second-order valence-electron chi connectivity index (χ2n) is 9.34. The number of sulfonamides is 1. The number of pyridine rings is 1. The van der Waals surface area contributed by atoms with Crippen LogP contribution in [-0.2, 0) is 21.2 Å². The van der Waals surface area contributed by atoms with Crippen molar-refractivity contribution in [2.75, 3.05) is 26.7 Å². The van der Waals surface area contributed by atoms with E-state index in [0.717, 1.165) is 5.56 Å². The van der Waals surface area contributed by atoms with Gasteiger partial charge in [-0.2, -0.15) is 4.31 Å². The summed E-state index contributed by atoms with van der Waals surface area (Å²) in [6.07, 6.45) is 7.69. The number of aromatic nitrogens is 3. The molecule has 1 aromatic carbocycles. The van der Waals surface area contributed by atoms with Gasteiger partial charge in [0, 0.05) is 55.9 Å². The summed E-state index contributed by atoms with van der Waals surface area (Å²) in [5.74, 6) is -0.204. The number of carbonyl (C=O) groups is 1. The minimum Gasteiger partial charge on any atom is -0.487 e. The summed E-state index contributed by atoms with van der Waals surface area (Å²) in [4.78, 5) is 26.7. The number of nitrogens with zero attached hydrogens (tertiary/aromatic N) is 5. The number of hydrogen-bond donors (Lipinski definition) is 1. The summed E-state index contributed by atoms with van der Waals surface area (Å²) in [5, 5.41) is 9.82. The second kappa shape index (κ2) is 11.3. The van der Waals surface area contributed by atoms with E-state index in [4.69, 9.17) is 4.74 Å². The fourth-order valence-electron chi connectivity index (χ4n) is 4.26. The highest BCUT2D eigenvalue weighted by atomic mass is 32.2. The first kappa shape index (κ1) is 26.6. The lowest BCUT2D eigenvalue weighted by Gasteiger charge is -2.37. The Morgan fingerprint density at radius 3 is 2.62 bits per heavy atom. The summed E-state index contributed by atoms with van der Waals surface area (Å²) < 4.78 is 35.0. The lowest BCUT2D eigenvalue weighted by molar-refractivity contribution is -0.130. The summed E-state index contributed by atoms with van der Waals surface area (Å²) in [6, 6.07) is 7.85. The van der Waals surface area contributed by atoms with Crippen LogP contribution in [0.15, 0.2) is 66.3 Å². The Hall–Kier alpha value is -3.41. The Balaban J connectivity index is 1.69. The van der Waals surface area contributed by atoms with Gasteiger partial charge in [-0.15, -0.1) is 0 Å². The lowest BCUT2D eigenvalue weighted by atomic mass is 10.0. The largest absolute Gasteiger partial charge is 0.487 e. The molecule has 4 rings (SSSR count). The summed E-state index contributed by atoms with van der Waals surface area (Å²) >= 11 is 0. The van der Waals surface area contributed by atoms with Gasteiger partial charge in [-0.1, -0.05) is 19.1 Å². The van der Waals surface area contributed by atoms with Crippen molar-refractivity contribution in [3.05, 3.63) is 67.0 Å². The molecular weight excluding hydrogens is 494 g/mol. The van der Waals surface area contributed by atoms with Crippen LogP contribution in [0.4, 0.5) is 0 Å². The molecule has 0 unspecified atom stereocenters. The molecular formula is C26H31N5O5S. The van der Waals surface area contributed by atoms with Crippen LogP contribution in [-0.4, -0.2) is 82.5 Å². The van der Waals surface area contributed by atoms with Crippen molar-refractivity contribution >= 4 is 15.9 Å². The van der Waals surface area contributed by atoms with Crippen molar-refractivity contribution < 1.29 is 23.1 Å². The molecule has 3 aromatic rings. The Morgan fingerprint density at radius 2 is 1.95 bits per heavy atom. The maximum Gasteiger partial charge on any atom is 0.247 e. The van der Waals surface area contributed by atoms with E-state index in [1.165, 1.54) is 16.7 Å². The normalized spacial score (nSPS) is 20.1. The third kappa shape index (κ3) is 5.95. The van der Waals surface area contributed by atoms with Gasteiger partial charge in [-0.25, -0.2) is 18.4 Å². The van der Waals surface area contributed by atoms with E-state index in [-0.39, 0.29) is 48.6 Å². The van der Waals surface area contributed by atoms with Gasteiger partial charge in [-0.3, -0.25) is 9.78 Å². The quantitative estimate of drug-likeness (QED) is 0.497. The molecule has 196 valence electrons. The predicted octanol–water partition coefficient (Wildman–Crippen LogP) is 2.01. The lowest BCUT2D eigenvalue weighted by Crippen LogP contribution is -2.50. The molecule has 2 aromatic heterocycles. The molecule has 0 spiro atoms. The number of aliphatic hydroxyl groups excluding tert-OH is 1. The summed E-state index contributed by atoms with van der Waals surface area (Å²) in [5.41, 5.74) is 2.21. The molecule has 1 aliphatic rings. The van der Waals surface area contributed by atoms with E-state index in [1.807, 2.05) is 13.0 Å². The number of amides is 1. The molecule has 0 aliphatic carbocycles. The summed E-state index contributed by atoms with van der Waals surface area (Å²) in [6.45, 7) is 3.61. The second-order valence-corrected chi connectivity index (χ2v) is 11.2. The zero-order valence-electron chi connectivity index (χ0n) is 21.1. The predicted molar refractivity (Wildman–Crippen MR) is 137 cm³/mol. The molecule has 3 heterocycles. The van der Waals surface area contributed by atoms with Crippen LogP contribution in [0.2, 0.25) is 0 Å². The zero-order valence-corrected chi connectivity index (χ0v) is 21.9. The molecule has 1 aliphatic heterocycles. The Kier molecular flexibility index (Phi) is 8.16. The Labute approximate surface area is 217 Å². The van der Waals surface area contributed by atoms with Gasteiger partial charge >= 0.3 is 0 Å². The molecule has 0 saturated carbocycles. The van der Waals surface area contributed by atoms with Gasteiger partial charge in [-0.05, 0) is 36.2 Å². The topological polar surface area (TPSA) is 126 Å². The van der Waals surface area contributed by atoms with Crippen molar-refractivity contribution in [1.29, 1.82) is 0 Å². The Morgan fingerprint density at radius 1 is 1.19 bits per heavy atom. The molecule has 0 radical (unpaired) electrons. The zero-order chi connectivity index (χ0) is 26.6. The Bertz CT molecular complexity index is 1320. The first-order valence-corrected chi connectivity index (χ1v) is 13.5. The van der Waals surface area contributed by atoms with Crippen molar-refractivity contribution in [1.82, 2.24) is 24.2 Å². The summed E-state index contributed by atoms with van der Waals surface area (Å²) in [7, 11) is -2.26. The van der Waals surface area contributed by atoms with Crippen molar-refractivity contribution in [2.45, 2.75) is 37.3 Å². The van der Waals surface area contributed by atoms with Gasteiger partial charge in [0.15, 0.2) is 0 Å². The third-order valence-electron chi connectivity index (χ3n) is 6.52. The van der Waals surface area contributed by atoms with Crippen LogP contribution < -0.4 is 4.74 Å². The molecule has 3 atom stereocenters. The van der Waals surface area contributed by atoms with E-state index >= 15 is 0 Å². The highest BCUT2D eigenvalue weighted by Crippen LogP contribution is 2.36. The van der Waals surface area contributed by atoms with Gasteiger partial charge in [0.25, 0.3) is 0 Å². The van der Waals surface area contributed by atoms with E-state index in [0.29, 0.717) is 11.1 Å². The van der Waals surface area contributed by atoms with E-state index in [9.17, 15) is 18.3 Å². The maximum absolute atomic E-state index is 13.7. The van der Waals surface area contributed by atoms with Crippen LogP contribution in [0.25, 0.3) is 11.1 Å². The number of carbonyl (C=O) groups excluding carboxylic acids is 1. The first-order chi connectivity index (χ1) is 17.7. The van der Waals surface area contributed by atoms with Crippen LogP contribution in [0.1, 0.15) is 19.4 Å². The average Bonchev–Trinajstić information content (AvgIpc) is 2.91. The SMILES string of the molecule is C[C@H](CO)N1C[C@H](C)[C@@H](CN(C)C(=O)Cc2cccnc2)Oc2cc(-c3cncnc3)ccc2S1(=O)=O. The smallest absolute Gasteiger partial charge is 0.247 e. The molecule has 10 nitrogen and oxygen atoms in total. The first-order valence-electron chi connectivity index (χ1n) is 12.0. The van der Waals surface area contributed by atoms with E-state index in [1.54, 1.807) is 61.9 Å². The number of likely N-dealkylation sites (N-methyl/N-ethyl adjacent to an activating group) is 1. The number of fused-ring (bicyclic) bond motifs is 1. The minimum atomic E-state index is -3.97. The standard InChI is InChI=1S/C26H31N5O5S/c1-18-14-31(19(2)16-32)37(34,35)25-7-6-21(22-12-28-17-29-13-22)10-23(25)36-24(18)15-30(3)26(33)9-20-5-4-8-27-11-20/h4-8,10-13,17-19,24,32H,9,14-16H2,1-3H3/t18-,19+,24+/m0/s1. The highest BCUT2D eigenvalue weighted by Gasteiger charge is 2.38. The fourth-order valence-corrected chi connectivity index (χ4v) is 6.08. The fraction of sp³-hybridized carbons (Fsp3) is 0.385. The monoisotopic (exact) mass is 525 g/mol. The number of benzene rings is 1. The van der Waals surface area contributed by atoms with E-state index < -0.39 is 22.2 Å². The van der Waals surface area contributed by atoms with Gasteiger partial charge in [0.1, 0.15) is 23.1 Å². The molecule has 11 heteroatoms. The number of hydrogen-bond acceptors (Lipinski definition) is 8. The van der Waals surface area contributed by atoms with Crippen LogP contribution in [0.3, 0.4) is 0 Å². The molecule has 0 bridgehead atoms. The van der Waals surface area contributed by atoms with Gasteiger partial charge in [0.2, 0.25) is 15.9 Å². The molecule has 0 saturated heterocycles. The third-order valence-corrected chi connectivity index (χ3v) is 8.54. The van der Waals surface area contributed by atoms with Gasteiger partial charge < -0.3 is 14.7 Å². The molecule has 1 amide bonds. The minimum absolute atomic E-state index is 0.00893. The molecule has 1 N–H and O–H groups in total. The van der Waals surface area contributed by atoms with Crippen LogP contribution >= 0.6 is 0 Å². The van der Waals surface area contributed by atoms with Crippen LogP contribution in [0.5, 0.6) is 5.75 Å². The van der Waals surface area contributed by atoms with Crippen molar-refractivity contribution in [3.63, 3.8) is 0 Å². The number of rotatable bonds is 7. The average molecular weight is 526 g/mol. The van der Waals surface area contributed by atoms with Crippen molar-refractivity contribution in [3.8, 4) is 16.9 Å². The number of ether oxygens (including phenoxy) is 1. The van der Waals surface area contributed by atoms with Gasteiger partial charge in [0.05, 0.1) is 19.6 Å². The van der Waals surface area contributed by atoms with E-state index in [2.05, 4.69) is 15.0 Å². The highest BCUT2D eigenvalue weighted by molar-refractivity contribution is 7.89.